The van der Waals surface area contributed by atoms with Gasteiger partial charge in [-0.05, 0) is 61.4 Å². The van der Waals surface area contributed by atoms with E-state index in [9.17, 15) is 0 Å². The lowest BCUT2D eigenvalue weighted by atomic mass is 9.99. The van der Waals surface area contributed by atoms with Gasteiger partial charge in [0, 0.05) is 29.4 Å². The topological polar surface area (TPSA) is 66.5 Å². The second kappa shape index (κ2) is 7.02. The average Bonchev–Trinajstić information content (AvgIpc) is 3.23. The van der Waals surface area contributed by atoms with Crippen LogP contribution in [0.2, 0.25) is 0 Å². The van der Waals surface area contributed by atoms with Crippen molar-refractivity contribution in [3.63, 3.8) is 0 Å². The van der Waals surface area contributed by atoms with Crippen molar-refractivity contribution in [2.45, 2.75) is 13.3 Å². The Labute approximate surface area is 163 Å². The van der Waals surface area contributed by atoms with Crippen LogP contribution in [-0.4, -0.2) is 33.0 Å². The summed E-state index contributed by atoms with van der Waals surface area (Å²) >= 11 is 0. The first-order chi connectivity index (χ1) is 13.8. The molecule has 0 saturated heterocycles. The smallest absolute Gasteiger partial charge is 0.0977 e. The highest BCUT2D eigenvalue weighted by Crippen LogP contribution is 2.31. The van der Waals surface area contributed by atoms with Gasteiger partial charge in [0.1, 0.15) is 0 Å². The van der Waals surface area contributed by atoms with Gasteiger partial charge in [0.25, 0.3) is 0 Å². The van der Waals surface area contributed by atoms with Gasteiger partial charge < -0.3 is 10.3 Å². The van der Waals surface area contributed by atoms with E-state index in [2.05, 4.69) is 55.6 Å². The van der Waals surface area contributed by atoms with Crippen LogP contribution in [0.3, 0.4) is 0 Å². The molecule has 1 aliphatic heterocycles. The van der Waals surface area contributed by atoms with Crippen LogP contribution in [0.4, 0.5) is 0 Å². The lowest BCUT2D eigenvalue weighted by molar-refractivity contribution is 0.738. The third-order valence-corrected chi connectivity index (χ3v) is 5.17. The quantitative estimate of drug-likeness (QED) is 0.564. The van der Waals surface area contributed by atoms with Crippen molar-refractivity contribution in [1.82, 2.24) is 25.3 Å². The maximum atomic E-state index is 4.67. The summed E-state index contributed by atoms with van der Waals surface area (Å²) in [6.45, 7) is 3.94. The molecule has 0 fully saturated rings. The number of rotatable bonds is 3. The van der Waals surface area contributed by atoms with Gasteiger partial charge in [-0.25, -0.2) is 4.98 Å². The minimum atomic E-state index is 0.902. The molecule has 5 heteroatoms. The Morgan fingerprint density at radius 3 is 2.79 bits per heavy atom. The summed E-state index contributed by atoms with van der Waals surface area (Å²) in [4.78, 5) is 17.1. The summed E-state index contributed by atoms with van der Waals surface area (Å²) in [6, 6.07) is 14.6. The van der Waals surface area contributed by atoms with Crippen LogP contribution >= 0.6 is 0 Å². The minimum Gasteiger partial charge on any atom is -0.343 e. The lowest BCUT2D eigenvalue weighted by Crippen LogP contribution is -2.20. The standard InChI is InChI=1S/C23H21N5/c1-15-3-2-4-21(28-15)23-22(26-14-27-23)17-5-6-20-18(11-17)12-19(13-25-20)16-7-9-24-10-8-16/h2-7,11-14,24H,8-10H2,1H3,(H,26,27). The molecule has 0 bridgehead atoms. The molecular formula is C23H21N5. The van der Waals surface area contributed by atoms with Crippen molar-refractivity contribution in [2.75, 3.05) is 13.1 Å². The third-order valence-electron chi connectivity index (χ3n) is 5.17. The van der Waals surface area contributed by atoms with Crippen LogP contribution in [0.1, 0.15) is 17.7 Å². The minimum absolute atomic E-state index is 0.902. The van der Waals surface area contributed by atoms with Crippen molar-refractivity contribution >= 4 is 16.5 Å². The molecule has 0 atom stereocenters. The Morgan fingerprint density at radius 1 is 1.00 bits per heavy atom. The molecule has 5 nitrogen and oxygen atoms in total. The van der Waals surface area contributed by atoms with E-state index in [0.29, 0.717) is 0 Å². The molecule has 4 aromatic rings. The zero-order valence-corrected chi connectivity index (χ0v) is 15.7. The summed E-state index contributed by atoms with van der Waals surface area (Å²) in [5.41, 5.74) is 8.36. The fourth-order valence-electron chi connectivity index (χ4n) is 3.73. The van der Waals surface area contributed by atoms with E-state index >= 15 is 0 Å². The first-order valence-electron chi connectivity index (χ1n) is 9.56. The first-order valence-corrected chi connectivity index (χ1v) is 9.56. The number of hydrogen-bond donors (Lipinski definition) is 2. The van der Waals surface area contributed by atoms with Gasteiger partial charge in [-0.2, -0.15) is 0 Å². The summed E-state index contributed by atoms with van der Waals surface area (Å²) in [6.07, 6.45) is 7.00. The van der Waals surface area contributed by atoms with E-state index in [1.54, 1.807) is 6.33 Å². The molecule has 4 heterocycles. The van der Waals surface area contributed by atoms with Crippen LogP contribution in [-0.2, 0) is 0 Å². The highest BCUT2D eigenvalue weighted by atomic mass is 14.9. The molecule has 0 radical (unpaired) electrons. The highest BCUT2D eigenvalue weighted by Gasteiger charge is 2.13. The molecule has 5 rings (SSSR count). The summed E-state index contributed by atoms with van der Waals surface area (Å²) in [7, 11) is 0. The largest absolute Gasteiger partial charge is 0.343 e. The zero-order valence-electron chi connectivity index (χ0n) is 15.7. The van der Waals surface area contributed by atoms with Gasteiger partial charge in [-0.1, -0.05) is 18.2 Å². The van der Waals surface area contributed by atoms with Gasteiger partial charge in [-0.15, -0.1) is 0 Å². The second-order valence-corrected chi connectivity index (χ2v) is 7.11. The Morgan fingerprint density at radius 2 is 1.93 bits per heavy atom. The molecular weight excluding hydrogens is 346 g/mol. The molecule has 3 aromatic heterocycles. The van der Waals surface area contributed by atoms with E-state index in [1.807, 2.05) is 31.3 Å². The average molecular weight is 367 g/mol. The monoisotopic (exact) mass is 367 g/mol. The van der Waals surface area contributed by atoms with E-state index in [4.69, 9.17) is 0 Å². The number of aromatic amines is 1. The molecule has 0 amide bonds. The number of benzene rings is 1. The van der Waals surface area contributed by atoms with Crippen molar-refractivity contribution in [3.05, 3.63) is 72.3 Å². The fourth-order valence-corrected chi connectivity index (χ4v) is 3.73. The Bertz CT molecular complexity index is 1190. The van der Waals surface area contributed by atoms with Gasteiger partial charge in [0.2, 0.25) is 0 Å². The van der Waals surface area contributed by atoms with Gasteiger partial charge in [0.05, 0.1) is 28.9 Å². The fraction of sp³-hybridized carbons (Fsp3) is 0.174. The number of pyridine rings is 2. The molecule has 1 aromatic carbocycles. The number of nitrogens with one attached hydrogen (secondary N) is 2. The van der Waals surface area contributed by atoms with E-state index < -0.39 is 0 Å². The van der Waals surface area contributed by atoms with Gasteiger partial charge >= 0.3 is 0 Å². The maximum Gasteiger partial charge on any atom is 0.0977 e. The number of H-pyrrole nitrogens is 1. The van der Waals surface area contributed by atoms with Crippen molar-refractivity contribution in [1.29, 1.82) is 0 Å². The Kier molecular flexibility index (Phi) is 4.22. The van der Waals surface area contributed by atoms with Crippen LogP contribution < -0.4 is 5.32 Å². The van der Waals surface area contributed by atoms with Crippen LogP contribution in [0, 0.1) is 6.92 Å². The van der Waals surface area contributed by atoms with Crippen molar-refractivity contribution in [3.8, 4) is 22.6 Å². The highest BCUT2D eigenvalue weighted by molar-refractivity contribution is 5.88. The molecule has 1 aliphatic rings. The molecule has 138 valence electrons. The molecule has 0 saturated carbocycles. The third kappa shape index (κ3) is 3.10. The molecule has 2 N–H and O–H groups in total. The molecule has 0 unspecified atom stereocenters. The summed E-state index contributed by atoms with van der Waals surface area (Å²) in [5, 5.41) is 4.49. The number of fused-ring (bicyclic) bond motifs is 1. The van der Waals surface area contributed by atoms with E-state index in [-0.39, 0.29) is 0 Å². The summed E-state index contributed by atoms with van der Waals surface area (Å²) in [5.74, 6) is 0. The number of imidazole rings is 1. The zero-order chi connectivity index (χ0) is 18.9. The normalized spacial score (nSPS) is 14.2. The molecule has 28 heavy (non-hydrogen) atoms. The van der Waals surface area contributed by atoms with Crippen molar-refractivity contribution in [2.24, 2.45) is 0 Å². The Balaban J connectivity index is 1.59. The van der Waals surface area contributed by atoms with Crippen LogP contribution in [0.25, 0.3) is 39.1 Å². The second-order valence-electron chi connectivity index (χ2n) is 7.11. The number of aromatic nitrogens is 4. The maximum absolute atomic E-state index is 4.67. The lowest BCUT2D eigenvalue weighted by Gasteiger charge is -2.14. The molecule has 0 aliphatic carbocycles. The Hall–Kier alpha value is -3.31. The van der Waals surface area contributed by atoms with Crippen LogP contribution in [0.15, 0.2) is 61.1 Å². The first kappa shape index (κ1) is 16.8. The predicted molar refractivity (Wildman–Crippen MR) is 113 cm³/mol. The van der Waals surface area contributed by atoms with E-state index in [0.717, 1.165) is 58.8 Å². The molecule has 0 spiro atoms. The number of nitrogens with zero attached hydrogens (tertiary/aromatic N) is 3. The van der Waals surface area contributed by atoms with E-state index in [1.165, 1.54) is 11.1 Å². The summed E-state index contributed by atoms with van der Waals surface area (Å²) < 4.78 is 0. The number of hydrogen-bond acceptors (Lipinski definition) is 4. The van der Waals surface area contributed by atoms with Gasteiger partial charge in [0.15, 0.2) is 0 Å². The predicted octanol–water partition coefficient (Wildman–Crippen LogP) is 4.37. The SMILES string of the molecule is Cc1cccc(-c2[nH]cnc2-c2ccc3ncc(C4=CCNCC4)cc3c2)n1. The van der Waals surface area contributed by atoms with Gasteiger partial charge in [-0.3, -0.25) is 9.97 Å². The van der Waals surface area contributed by atoms with Crippen molar-refractivity contribution < 1.29 is 0 Å². The van der Waals surface area contributed by atoms with Crippen LogP contribution in [0.5, 0.6) is 0 Å². The number of aryl methyl sites for hydroxylation is 1.